The van der Waals surface area contributed by atoms with Gasteiger partial charge in [0.05, 0.1) is 18.8 Å². The van der Waals surface area contributed by atoms with E-state index in [1.165, 1.54) is 24.3 Å². The highest BCUT2D eigenvalue weighted by atomic mass is 19.1. The molecule has 5 rings (SSSR count). The molecule has 0 unspecified atom stereocenters. The number of nitrogens with zero attached hydrogens (tertiary/aromatic N) is 4. The number of fused-ring (bicyclic) bond motifs is 1. The fourth-order valence-electron chi connectivity index (χ4n) is 3.42. The Kier molecular flexibility index (Phi) is 4.75. The van der Waals surface area contributed by atoms with Gasteiger partial charge in [-0.1, -0.05) is 18.2 Å². The van der Waals surface area contributed by atoms with Crippen molar-refractivity contribution in [2.75, 3.05) is 15.5 Å². The number of para-hydroxylation sites is 1. The van der Waals surface area contributed by atoms with Crippen molar-refractivity contribution in [2.24, 2.45) is 0 Å². The highest BCUT2D eigenvalue weighted by Crippen LogP contribution is 2.30. The zero-order chi connectivity index (χ0) is 21.2. The van der Waals surface area contributed by atoms with E-state index in [0.29, 0.717) is 30.4 Å². The third-order valence-electron chi connectivity index (χ3n) is 4.98. The molecule has 0 spiro atoms. The lowest BCUT2D eigenvalue weighted by atomic mass is 10.2. The third-order valence-corrected chi connectivity index (χ3v) is 4.98. The van der Waals surface area contributed by atoms with Gasteiger partial charge in [-0.15, -0.1) is 0 Å². The molecule has 8 nitrogen and oxygen atoms in total. The molecule has 0 atom stereocenters. The van der Waals surface area contributed by atoms with E-state index < -0.39 is 0 Å². The molecule has 0 bridgehead atoms. The van der Waals surface area contributed by atoms with Gasteiger partial charge in [-0.3, -0.25) is 9.89 Å². The molecule has 2 aromatic carbocycles. The van der Waals surface area contributed by atoms with Crippen LogP contribution in [-0.4, -0.2) is 26.1 Å². The first-order chi connectivity index (χ1) is 15.2. The van der Waals surface area contributed by atoms with Gasteiger partial charge >= 0.3 is 0 Å². The number of hydrogen-bond acceptors (Lipinski definition) is 6. The quantitative estimate of drug-likeness (QED) is 0.458. The number of benzene rings is 2. The number of H-pyrrole nitrogens is 1. The lowest BCUT2D eigenvalue weighted by molar-refractivity contribution is 0.102. The van der Waals surface area contributed by atoms with Gasteiger partial charge in [0.15, 0.2) is 5.82 Å². The number of nitrogens with one attached hydrogen (secondary N) is 3. The highest BCUT2D eigenvalue weighted by molar-refractivity contribution is 6.04. The van der Waals surface area contributed by atoms with Crippen LogP contribution in [0.2, 0.25) is 0 Å². The Morgan fingerprint density at radius 1 is 1.03 bits per heavy atom. The Labute approximate surface area is 177 Å². The zero-order valence-electron chi connectivity index (χ0n) is 16.3. The summed E-state index contributed by atoms with van der Waals surface area (Å²) in [6.45, 7) is 1.11. The number of aromatic nitrogens is 4. The molecule has 1 aliphatic heterocycles. The van der Waals surface area contributed by atoms with Crippen LogP contribution in [0.25, 0.3) is 0 Å². The van der Waals surface area contributed by atoms with Crippen LogP contribution in [0.1, 0.15) is 21.6 Å². The van der Waals surface area contributed by atoms with Crippen molar-refractivity contribution in [1.29, 1.82) is 0 Å². The SMILES string of the molecule is O=C(Nc1n[nH]c2c1CN(c1ccnc(Nc3ccccc3)n1)C2)c1ccc(F)cc1. The first kappa shape index (κ1) is 18.7. The summed E-state index contributed by atoms with van der Waals surface area (Å²) in [6.07, 6.45) is 1.70. The van der Waals surface area contributed by atoms with Crippen molar-refractivity contribution in [3.63, 3.8) is 0 Å². The van der Waals surface area contributed by atoms with E-state index in [2.05, 4.69) is 35.7 Å². The van der Waals surface area contributed by atoms with Crippen LogP contribution in [0.15, 0.2) is 66.9 Å². The van der Waals surface area contributed by atoms with Gasteiger partial charge in [0, 0.05) is 23.0 Å². The molecule has 3 N–H and O–H groups in total. The van der Waals surface area contributed by atoms with Gasteiger partial charge in [-0.05, 0) is 42.5 Å². The van der Waals surface area contributed by atoms with E-state index in [1.54, 1.807) is 6.20 Å². The topological polar surface area (TPSA) is 98.8 Å². The summed E-state index contributed by atoms with van der Waals surface area (Å²) in [4.78, 5) is 23.4. The molecule has 3 heterocycles. The molecule has 0 saturated carbocycles. The second-order valence-electron chi connectivity index (χ2n) is 7.08. The number of carbonyl (C=O) groups is 1. The minimum absolute atomic E-state index is 0.343. The van der Waals surface area contributed by atoms with Crippen molar-refractivity contribution in [3.05, 3.63) is 89.5 Å². The maximum absolute atomic E-state index is 13.1. The molecule has 0 fully saturated rings. The summed E-state index contributed by atoms with van der Waals surface area (Å²) in [7, 11) is 0. The van der Waals surface area contributed by atoms with Crippen molar-refractivity contribution in [1.82, 2.24) is 20.2 Å². The Hall–Kier alpha value is -4.27. The van der Waals surface area contributed by atoms with Crippen LogP contribution in [0.4, 0.5) is 27.7 Å². The smallest absolute Gasteiger partial charge is 0.256 e. The monoisotopic (exact) mass is 415 g/mol. The second-order valence-corrected chi connectivity index (χ2v) is 7.08. The molecule has 0 aliphatic carbocycles. The molecular formula is C22H18FN7O. The number of amides is 1. The summed E-state index contributed by atoms with van der Waals surface area (Å²) < 4.78 is 13.1. The molecule has 4 aromatic rings. The van der Waals surface area contributed by atoms with E-state index >= 15 is 0 Å². The highest BCUT2D eigenvalue weighted by Gasteiger charge is 2.27. The standard InChI is InChI=1S/C22H18FN7O/c23-15-8-6-14(7-9-15)21(31)27-20-17-12-30(13-18(17)28-29-20)19-10-11-24-22(26-19)25-16-4-2-1-3-5-16/h1-11H,12-13H2,(H,24,25,26)(H2,27,28,29,31). The third kappa shape index (κ3) is 3.93. The Morgan fingerprint density at radius 3 is 2.65 bits per heavy atom. The van der Waals surface area contributed by atoms with Crippen molar-refractivity contribution < 1.29 is 9.18 Å². The summed E-state index contributed by atoms with van der Waals surface area (Å²) in [5.41, 5.74) is 3.07. The number of aromatic amines is 1. The molecule has 31 heavy (non-hydrogen) atoms. The minimum Gasteiger partial charge on any atom is -0.346 e. The average Bonchev–Trinajstić information content (AvgIpc) is 3.37. The normalized spacial score (nSPS) is 12.5. The molecule has 0 saturated heterocycles. The summed E-state index contributed by atoms with van der Waals surface area (Å²) >= 11 is 0. The molecular weight excluding hydrogens is 397 g/mol. The number of halogens is 1. The first-order valence-electron chi connectivity index (χ1n) is 9.69. The Balaban J connectivity index is 1.30. The minimum atomic E-state index is -0.390. The fraction of sp³-hybridized carbons (Fsp3) is 0.0909. The lowest BCUT2D eigenvalue weighted by Crippen LogP contribution is -2.18. The average molecular weight is 415 g/mol. The number of carbonyl (C=O) groups excluding carboxylic acids is 1. The lowest BCUT2D eigenvalue weighted by Gasteiger charge is -2.17. The Morgan fingerprint density at radius 2 is 1.84 bits per heavy atom. The van der Waals surface area contributed by atoms with Gasteiger partial charge in [-0.25, -0.2) is 9.37 Å². The summed E-state index contributed by atoms with van der Waals surface area (Å²) in [6, 6.07) is 16.9. The van der Waals surface area contributed by atoms with Crippen LogP contribution in [0.5, 0.6) is 0 Å². The summed E-state index contributed by atoms with van der Waals surface area (Å²) in [5, 5.41) is 13.2. The maximum atomic E-state index is 13.1. The van der Waals surface area contributed by atoms with E-state index in [1.807, 2.05) is 36.4 Å². The van der Waals surface area contributed by atoms with Gasteiger partial charge in [-0.2, -0.15) is 10.1 Å². The van der Waals surface area contributed by atoms with E-state index in [4.69, 9.17) is 0 Å². The van der Waals surface area contributed by atoms with Crippen molar-refractivity contribution >= 4 is 29.2 Å². The molecule has 9 heteroatoms. The van der Waals surface area contributed by atoms with E-state index in [9.17, 15) is 9.18 Å². The molecule has 1 aliphatic rings. The number of rotatable bonds is 5. The molecule has 1 amide bonds. The maximum Gasteiger partial charge on any atom is 0.256 e. The van der Waals surface area contributed by atoms with Crippen molar-refractivity contribution in [3.8, 4) is 0 Å². The van der Waals surface area contributed by atoms with Crippen LogP contribution in [-0.2, 0) is 13.1 Å². The van der Waals surface area contributed by atoms with Crippen LogP contribution in [0, 0.1) is 5.82 Å². The van der Waals surface area contributed by atoms with Crippen LogP contribution >= 0.6 is 0 Å². The molecule has 154 valence electrons. The molecule has 0 radical (unpaired) electrons. The number of anilines is 4. The van der Waals surface area contributed by atoms with E-state index in [0.717, 1.165) is 22.8 Å². The summed E-state index contributed by atoms with van der Waals surface area (Å²) in [5.74, 6) is 0.988. The van der Waals surface area contributed by atoms with Crippen LogP contribution in [0.3, 0.4) is 0 Å². The number of hydrogen-bond donors (Lipinski definition) is 3. The predicted molar refractivity (Wildman–Crippen MR) is 115 cm³/mol. The molecule has 2 aromatic heterocycles. The second kappa shape index (κ2) is 7.86. The predicted octanol–water partition coefficient (Wildman–Crippen LogP) is 3.85. The fourth-order valence-corrected chi connectivity index (χ4v) is 3.42. The Bertz CT molecular complexity index is 1220. The van der Waals surface area contributed by atoms with E-state index in [-0.39, 0.29) is 11.7 Å². The van der Waals surface area contributed by atoms with Gasteiger partial charge in [0.1, 0.15) is 11.6 Å². The van der Waals surface area contributed by atoms with Gasteiger partial charge < -0.3 is 15.5 Å². The van der Waals surface area contributed by atoms with Gasteiger partial charge in [0.25, 0.3) is 5.91 Å². The first-order valence-corrected chi connectivity index (χ1v) is 9.69. The largest absolute Gasteiger partial charge is 0.346 e. The van der Waals surface area contributed by atoms with Crippen molar-refractivity contribution in [2.45, 2.75) is 13.1 Å². The van der Waals surface area contributed by atoms with Crippen LogP contribution < -0.4 is 15.5 Å². The zero-order valence-corrected chi connectivity index (χ0v) is 16.3. The van der Waals surface area contributed by atoms with Gasteiger partial charge in [0.2, 0.25) is 5.95 Å².